The molecule has 0 aliphatic carbocycles. The van der Waals surface area contributed by atoms with E-state index in [0.717, 1.165) is 27.9 Å². The molecule has 0 aliphatic heterocycles. The van der Waals surface area contributed by atoms with Gasteiger partial charge in [-0.15, -0.1) is 5.10 Å². The second-order valence-corrected chi connectivity index (χ2v) is 5.14. The van der Waals surface area contributed by atoms with Crippen molar-refractivity contribution in [3.8, 4) is 0 Å². The van der Waals surface area contributed by atoms with E-state index in [4.69, 9.17) is 0 Å². The third-order valence-corrected chi connectivity index (χ3v) is 3.74. The van der Waals surface area contributed by atoms with Gasteiger partial charge < -0.3 is 5.32 Å². The fourth-order valence-electron chi connectivity index (χ4n) is 2.28. The molecule has 0 amide bonds. The van der Waals surface area contributed by atoms with Crippen LogP contribution in [0.15, 0.2) is 29.4 Å². The highest BCUT2D eigenvalue weighted by atomic mass is 79.9. The Balaban J connectivity index is 2.16. The average molecular weight is 336 g/mol. The molecule has 104 valence electrons. The Kier molecular flexibility index (Phi) is 3.49. The van der Waals surface area contributed by atoms with E-state index in [1.54, 1.807) is 10.9 Å². The molecule has 0 aromatic carbocycles. The lowest BCUT2D eigenvalue weighted by Crippen LogP contribution is -2.24. The number of nitrogens with zero attached hydrogens (tertiary/aromatic N) is 6. The Morgan fingerprint density at radius 2 is 2.25 bits per heavy atom. The van der Waals surface area contributed by atoms with Gasteiger partial charge in [-0.3, -0.25) is 4.98 Å². The minimum absolute atomic E-state index is 0.0453. The van der Waals surface area contributed by atoms with Crippen LogP contribution in [0.3, 0.4) is 0 Å². The fraction of sp³-hybridized carbons (Fsp3) is 0.333. The second kappa shape index (κ2) is 5.29. The summed E-state index contributed by atoms with van der Waals surface area (Å²) < 4.78 is 4.30. The molecule has 0 aliphatic rings. The number of nitrogens with one attached hydrogen (secondary N) is 1. The van der Waals surface area contributed by atoms with Crippen LogP contribution in [0.2, 0.25) is 0 Å². The van der Waals surface area contributed by atoms with Crippen LogP contribution in [0.25, 0.3) is 5.52 Å². The van der Waals surface area contributed by atoms with Crippen molar-refractivity contribution in [1.82, 2.24) is 34.9 Å². The third kappa shape index (κ3) is 2.10. The van der Waals surface area contributed by atoms with E-state index in [9.17, 15) is 0 Å². The maximum absolute atomic E-state index is 4.36. The Bertz CT molecular complexity index is 713. The molecule has 1 N–H and O–H groups in total. The topological polar surface area (TPSA) is 72.9 Å². The number of rotatable bonds is 4. The van der Waals surface area contributed by atoms with Gasteiger partial charge in [0.05, 0.1) is 29.6 Å². The van der Waals surface area contributed by atoms with Crippen LogP contribution >= 0.6 is 15.9 Å². The van der Waals surface area contributed by atoms with Crippen molar-refractivity contribution in [2.24, 2.45) is 7.05 Å². The Labute approximate surface area is 124 Å². The largest absolute Gasteiger partial charge is 0.305 e. The maximum Gasteiger partial charge on any atom is 0.153 e. The Morgan fingerprint density at radius 3 is 2.95 bits per heavy atom. The summed E-state index contributed by atoms with van der Waals surface area (Å²) >= 11 is 3.46. The molecule has 7 nitrogen and oxygen atoms in total. The monoisotopic (exact) mass is 335 g/mol. The number of aromatic nitrogens is 6. The first-order valence-electron chi connectivity index (χ1n) is 6.28. The molecule has 1 atom stereocenters. The standard InChI is InChI=1S/C12H14BrN7/c1-3-15-10(11-12(13)17-18-19(11)2)8-6-16-20-5-4-14-7-9(8)20/h4-7,10,15H,3H2,1-2H3. The van der Waals surface area contributed by atoms with Gasteiger partial charge in [-0.05, 0) is 22.5 Å². The molecule has 3 heterocycles. The lowest BCUT2D eigenvalue weighted by atomic mass is 10.1. The van der Waals surface area contributed by atoms with Crippen LogP contribution < -0.4 is 5.32 Å². The maximum atomic E-state index is 4.36. The summed E-state index contributed by atoms with van der Waals surface area (Å²) in [6.07, 6.45) is 7.21. The fourth-order valence-corrected chi connectivity index (χ4v) is 2.83. The molecule has 0 bridgehead atoms. The van der Waals surface area contributed by atoms with E-state index in [1.165, 1.54) is 0 Å². The highest BCUT2D eigenvalue weighted by Gasteiger charge is 2.24. The van der Waals surface area contributed by atoms with E-state index in [1.807, 2.05) is 30.2 Å². The van der Waals surface area contributed by atoms with E-state index in [-0.39, 0.29) is 6.04 Å². The lowest BCUT2D eigenvalue weighted by molar-refractivity contribution is 0.569. The Morgan fingerprint density at radius 1 is 1.40 bits per heavy atom. The number of fused-ring (bicyclic) bond motifs is 1. The molecule has 3 rings (SSSR count). The smallest absolute Gasteiger partial charge is 0.153 e. The van der Waals surface area contributed by atoms with Crippen molar-refractivity contribution >= 4 is 21.4 Å². The van der Waals surface area contributed by atoms with E-state index in [2.05, 4.69) is 48.6 Å². The van der Waals surface area contributed by atoms with Gasteiger partial charge in [-0.1, -0.05) is 12.1 Å². The van der Waals surface area contributed by atoms with Crippen LogP contribution in [0, 0.1) is 0 Å². The first-order chi connectivity index (χ1) is 9.72. The highest BCUT2D eigenvalue weighted by Crippen LogP contribution is 2.28. The minimum Gasteiger partial charge on any atom is -0.305 e. The molecule has 3 aromatic rings. The van der Waals surface area contributed by atoms with Gasteiger partial charge >= 0.3 is 0 Å². The summed E-state index contributed by atoms with van der Waals surface area (Å²) in [4.78, 5) is 4.18. The number of hydrogen-bond acceptors (Lipinski definition) is 5. The molecular formula is C12H14BrN7. The van der Waals surface area contributed by atoms with Crippen LogP contribution in [-0.2, 0) is 7.05 Å². The highest BCUT2D eigenvalue weighted by molar-refractivity contribution is 9.10. The molecule has 0 saturated heterocycles. The van der Waals surface area contributed by atoms with Gasteiger partial charge in [0.25, 0.3) is 0 Å². The third-order valence-electron chi connectivity index (χ3n) is 3.17. The van der Waals surface area contributed by atoms with Crippen molar-refractivity contribution < 1.29 is 0 Å². The van der Waals surface area contributed by atoms with Crippen molar-refractivity contribution in [1.29, 1.82) is 0 Å². The second-order valence-electron chi connectivity index (χ2n) is 4.39. The Hall–Kier alpha value is -1.80. The first kappa shape index (κ1) is 13.2. The number of halogens is 1. The van der Waals surface area contributed by atoms with Crippen molar-refractivity contribution in [2.75, 3.05) is 6.54 Å². The summed E-state index contributed by atoms with van der Waals surface area (Å²) in [5, 5.41) is 15.9. The van der Waals surface area contributed by atoms with Gasteiger partial charge in [0.15, 0.2) is 4.60 Å². The molecular weight excluding hydrogens is 322 g/mol. The van der Waals surface area contributed by atoms with Crippen molar-refractivity contribution in [2.45, 2.75) is 13.0 Å². The summed E-state index contributed by atoms with van der Waals surface area (Å²) in [5.41, 5.74) is 2.98. The SMILES string of the molecule is CCNC(c1cnn2ccncc12)c1c(Br)nnn1C. The van der Waals surface area contributed by atoms with Crippen LogP contribution in [-0.4, -0.2) is 36.1 Å². The quantitative estimate of drug-likeness (QED) is 0.778. The lowest BCUT2D eigenvalue weighted by Gasteiger charge is -2.17. The predicted molar refractivity (Wildman–Crippen MR) is 77.2 cm³/mol. The molecule has 8 heteroatoms. The van der Waals surface area contributed by atoms with Gasteiger partial charge in [0.1, 0.15) is 0 Å². The van der Waals surface area contributed by atoms with Crippen molar-refractivity contribution in [3.05, 3.63) is 40.6 Å². The summed E-state index contributed by atoms with van der Waals surface area (Å²) in [7, 11) is 1.88. The van der Waals surface area contributed by atoms with Crippen LogP contribution in [0.1, 0.15) is 24.2 Å². The van der Waals surface area contributed by atoms with Gasteiger partial charge in [0, 0.05) is 25.0 Å². The summed E-state index contributed by atoms with van der Waals surface area (Å²) in [5.74, 6) is 0. The summed E-state index contributed by atoms with van der Waals surface area (Å²) in [6.45, 7) is 2.88. The van der Waals surface area contributed by atoms with Gasteiger partial charge in [-0.2, -0.15) is 5.10 Å². The molecule has 0 saturated carbocycles. The zero-order chi connectivity index (χ0) is 14.1. The number of aryl methyl sites for hydroxylation is 1. The van der Waals surface area contributed by atoms with E-state index in [0.29, 0.717) is 0 Å². The molecule has 0 fully saturated rings. The minimum atomic E-state index is -0.0453. The van der Waals surface area contributed by atoms with E-state index < -0.39 is 0 Å². The molecule has 0 radical (unpaired) electrons. The molecule has 20 heavy (non-hydrogen) atoms. The van der Waals surface area contributed by atoms with Crippen LogP contribution in [0.4, 0.5) is 0 Å². The average Bonchev–Trinajstić information content (AvgIpc) is 3.01. The number of hydrogen-bond donors (Lipinski definition) is 1. The van der Waals surface area contributed by atoms with Crippen molar-refractivity contribution in [3.63, 3.8) is 0 Å². The molecule has 0 spiro atoms. The normalized spacial score (nSPS) is 12.9. The predicted octanol–water partition coefficient (Wildman–Crippen LogP) is 1.32. The van der Waals surface area contributed by atoms with E-state index >= 15 is 0 Å². The molecule has 1 unspecified atom stereocenters. The van der Waals surface area contributed by atoms with Gasteiger partial charge in [0.2, 0.25) is 0 Å². The van der Waals surface area contributed by atoms with Crippen LogP contribution in [0.5, 0.6) is 0 Å². The zero-order valence-electron chi connectivity index (χ0n) is 11.2. The zero-order valence-corrected chi connectivity index (χ0v) is 12.7. The molecule has 3 aromatic heterocycles. The summed E-state index contributed by atoms with van der Waals surface area (Å²) in [6, 6.07) is -0.0453. The first-order valence-corrected chi connectivity index (χ1v) is 7.07. The van der Waals surface area contributed by atoms with Gasteiger partial charge in [-0.25, -0.2) is 9.20 Å².